The van der Waals surface area contributed by atoms with Gasteiger partial charge in [-0.2, -0.15) is 0 Å². The number of aromatic nitrogens is 1. The molecule has 162 valence electrons. The molecule has 1 aliphatic rings. The average molecular weight is 394 g/mol. The average Bonchev–Trinajstić information content (AvgIpc) is 3.34. The van der Waals surface area contributed by atoms with Gasteiger partial charge in [0.1, 0.15) is 0 Å². The highest BCUT2D eigenvalue weighted by Crippen LogP contribution is 2.26. The van der Waals surface area contributed by atoms with Crippen molar-refractivity contribution in [2.75, 3.05) is 48.2 Å². The fraction of sp³-hybridized carbons (Fsp3) is 0.667. The Kier molecular flexibility index (Phi) is 14.8. The molecule has 1 saturated carbocycles. The zero-order chi connectivity index (χ0) is 21.4. The molecule has 0 atom stereocenters. The Balaban J connectivity index is 0.000000542. The number of benzene rings is 1. The number of hydrogen-bond acceptors (Lipinski definition) is 2. The van der Waals surface area contributed by atoms with Crippen LogP contribution in [0.15, 0.2) is 30.5 Å². The summed E-state index contributed by atoms with van der Waals surface area (Å²) in [7, 11) is 7.82. The fourth-order valence-corrected chi connectivity index (χ4v) is 2.34. The highest BCUT2D eigenvalue weighted by molar-refractivity contribution is 5.82. The van der Waals surface area contributed by atoms with E-state index in [0.29, 0.717) is 0 Å². The van der Waals surface area contributed by atoms with Crippen LogP contribution in [-0.4, -0.2) is 57.7 Å². The quantitative estimate of drug-likeness (QED) is 0.491. The third kappa shape index (κ3) is 12.9. The van der Waals surface area contributed by atoms with Gasteiger partial charge in [-0.15, -0.1) is 0 Å². The molecule has 28 heavy (non-hydrogen) atoms. The van der Waals surface area contributed by atoms with Crippen molar-refractivity contribution >= 4 is 10.9 Å². The molecule has 1 fully saturated rings. The van der Waals surface area contributed by atoms with Crippen LogP contribution in [0.4, 0.5) is 0 Å². The van der Waals surface area contributed by atoms with E-state index in [1.807, 2.05) is 6.92 Å². The number of aromatic amines is 1. The molecular weight excluding hydrogens is 348 g/mol. The van der Waals surface area contributed by atoms with Gasteiger partial charge in [0.2, 0.25) is 0 Å². The van der Waals surface area contributed by atoms with Crippen LogP contribution in [0.25, 0.3) is 10.9 Å². The molecule has 0 bridgehead atoms. The number of hydrogen-bond donors (Lipinski definition) is 1. The summed E-state index contributed by atoms with van der Waals surface area (Å²) in [5.74, 6) is 1.08. The smallest absolute Gasteiger partial charge is 0.182 e. The normalized spacial score (nSPS) is 12.9. The van der Waals surface area contributed by atoms with Gasteiger partial charge >= 0.3 is 0 Å². The van der Waals surface area contributed by atoms with Crippen LogP contribution in [0, 0.1) is 5.92 Å². The summed E-state index contributed by atoms with van der Waals surface area (Å²) in [5, 5.41) is 1.34. The summed E-state index contributed by atoms with van der Waals surface area (Å²) in [6, 6.07) is 8.45. The first kappa shape index (κ1) is 26.6. The first-order valence-corrected chi connectivity index (χ1v) is 10.7. The SMILES string of the molecule is CC1CC1.CCC.CCOC.COC[N+](C)(C)CCc1c[nH]c2ccccc12. The topological polar surface area (TPSA) is 34.2 Å². The Morgan fingerprint density at radius 3 is 2.04 bits per heavy atom. The Morgan fingerprint density at radius 2 is 1.57 bits per heavy atom. The van der Waals surface area contributed by atoms with Crippen LogP contribution in [0.3, 0.4) is 0 Å². The van der Waals surface area contributed by atoms with Crippen molar-refractivity contribution in [3.63, 3.8) is 0 Å². The molecule has 0 aliphatic heterocycles. The molecule has 0 spiro atoms. The van der Waals surface area contributed by atoms with Crippen LogP contribution in [-0.2, 0) is 15.9 Å². The van der Waals surface area contributed by atoms with Crippen molar-refractivity contribution in [2.24, 2.45) is 5.92 Å². The Morgan fingerprint density at radius 1 is 1.04 bits per heavy atom. The molecule has 1 aromatic carbocycles. The lowest BCUT2D eigenvalue weighted by Gasteiger charge is -2.28. The van der Waals surface area contributed by atoms with Gasteiger partial charge in [0.15, 0.2) is 6.73 Å². The van der Waals surface area contributed by atoms with Gasteiger partial charge in [-0.05, 0) is 24.5 Å². The number of nitrogens with one attached hydrogen (secondary N) is 1. The fourth-order valence-electron chi connectivity index (χ4n) is 2.34. The Bertz CT molecular complexity index is 601. The van der Waals surface area contributed by atoms with E-state index in [0.717, 1.165) is 36.7 Å². The molecule has 2 aromatic rings. The number of nitrogens with zero attached hydrogens (tertiary/aromatic N) is 1. The third-order valence-corrected chi connectivity index (χ3v) is 4.29. The minimum Gasteiger partial charge on any atom is -0.385 e. The van der Waals surface area contributed by atoms with Gasteiger partial charge in [0.25, 0.3) is 0 Å². The van der Waals surface area contributed by atoms with E-state index in [2.05, 4.69) is 75.0 Å². The summed E-state index contributed by atoms with van der Waals surface area (Å²) in [5.41, 5.74) is 2.61. The second-order valence-electron chi connectivity index (χ2n) is 8.15. The third-order valence-electron chi connectivity index (χ3n) is 4.29. The lowest BCUT2D eigenvalue weighted by Crippen LogP contribution is -2.42. The highest BCUT2D eigenvalue weighted by atomic mass is 16.5. The van der Waals surface area contributed by atoms with Crippen molar-refractivity contribution in [2.45, 2.75) is 53.4 Å². The number of methoxy groups -OCH3 is 2. The van der Waals surface area contributed by atoms with E-state index in [1.54, 1.807) is 14.2 Å². The summed E-state index contributed by atoms with van der Waals surface area (Å²) >= 11 is 0. The number of ether oxygens (including phenoxy) is 2. The Labute approximate surface area is 173 Å². The maximum Gasteiger partial charge on any atom is 0.182 e. The molecule has 1 N–H and O–H groups in total. The van der Waals surface area contributed by atoms with Crippen LogP contribution in [0.5, 0.6) is 0 Å². The maximum atomic E-state index is 5.23. The standard InChI is InChI=1S/C14H21N2O.C4H8.C3H8O.C3H8/c1-16(2,11-17-3)9-8-12-10-15-14-7-5-4-6-13(12)14;1-4-2-3-4;1-3-4-2;1-3-2/h4-7,10,15H,8-9,11H2,1-3H3;4H,2-3H2,1H3;3H2,1-2H3;3H2,1-2H3/q+1;;;. The number of H-pyrrole nitrogens is 1. The molecule has 0 amide bonds. The van der Waals surface area contributed by atoms with E-state index in [1.165, 1.54) is 35.7 Å². The van der Waals surface area contributed by atoms with Crippen LogP contribution >= 0.6 is 0 Å². The van der Waals surface area contributed by atoms with Crippen molar-refractivity contribution < 1.29 is 14.0 Å². The predicted octanol–water partition coefficient (Wildman–Crippen LogP) is 5.88. The largest absolute Gasteiger partial charge is 0.385 e. The lowest BCUT2D eigenvalue weighted by atomic mass is 10.1. The van der Waals surface area contributed by atoms with Crippen LogP contribution in [0.1, 0.15) is 52.5 Å². The maximum absolute atomic E-state index is 5.23. The minimum atomic E-state index is 0.752. The number of para-hydroxylation sites is 1. The first-order valence-electron chi connectivity index (χ1n) is 10.7. The molecule has 4 heteroatoms. The zero-order valence-electron chi connectivity index (χ0n) is 19.7. The van der Waals surface area contributed by atoms with E-state index in [9.17, 15) is 0 Å². The summed E-state index contributed by atoms with van der Waals surface area (Å²) < 4.78 is 10.7. The van der Waals surface area contributed by atoms with Gasteiger partial charge in [-0.25, -0.2) is 0 Å². The molecule has 0 saturated heterocycles. The van der Waals surface area contributed by atoms with Crippen molar-refractivity contribution in [3.05, 3.63) is 36.0 Å². The minimum absolute atomic E-state index is 0.752. The zero-order valence-corrected chi connectivity index (χ0v) is 19.7. The lowest BCUT2D eigenvalue weighted by molar-refractivity contribution is -0.908. The predicted molar refractivity (Wildman–Crippen MR) is 123 cm³/mol. The molecule has 1 heterocycles. The second-order valence-corrected chi connectivity index (χ2v) is 8.15. The van der Waals surface area contributed by atoms with Crippen molar-refractivity contribution in [3.8, 4) is 0 Å². The first-order chi connectivity index (χ1) is 13.3. The van der Waals surface area contributed by atoms with Crippen LogP contribution < -0.4 is 0 Å². The molecule has 1 aromatic heterocycles. The van der Waals surface area contributed by atoms with Gasteiger partial charge in [0.05, 0.1) is 20.6 Å². The monoisotopic (exact) mass is 393 g/mol. The van der Waals surface area contributed by atoms with Gasteiger partial charge in [0, 0.05) is 44.3 Å². The molecule has 1 aliphatic carbocycles. The van der Waals surface area contributed by atoms with Gasteiger partial charge < -0.3 is 18.9 Å². The molecular formula is C24H45N2O2+. The van der Waals surface area contributed by atoms with Crippen molar-refractivity contribution in [1.82, 2.24) is 4.98 Å². The van der Waals surface area contributed by atoms with E-state index in [4.69, 9.17) is 4.74 Å². The number of rotatable bonds is 6. The van der Waals surface area contributed by atoms with E-state index >= 15 is 0 Å². The second kappa shape index (κ2) is 15.5. The molecule has 0 radical (unpaired) electrons. The summed E-state index contributed by atoms with van der Waals surface area (Å²) in [6.07, 6.45) is 7.41. The van der Waals surface area contributed by atoms with Gasteiger partial charge in [-0.3, -0.25) is 0 Å². The van der Waals surface area contributed by atoms with Crippen molar-refractivity contribution in [1.29, 1.82) is 0 Å². The highest BCUT2D eigenvalue weighted by Gasteiger charge is 2.15. The van der Waals surface area contributed by atoms with Gasteiger partial charge in [-0.1, -0.05) is 58.2 Å². The molecule has 0 unspecified atom stereocenters. The summed E-state index contributed by atoms with van der Waals surface area (Å²) in [6.45, 7) is 11.1. The number of likely N-dealkylation sites (N-methyl/N-ethyl adjacent to an activating group) is 1. The van der Waals surface area contributed by atoms with Crippen LogP contribution in [0.2, 0.25) is 0 Å². The molecule has 4 nitrogen and oxygen atoms in total. The number of fused-ring (bicyclic) bond motifs is 1. The van der Waals surface area contributed by atoms with E-state index in [-0.39, 0.29) is 0 Å². The summed E-state index contributed by atoms with van der Waals surface area (Å²) in [4.78, 5) is 3.32. The number of quaternary nitrogens is 1. The molecule has 3 rings (SSSR count). The Hall–Kier alpha value is -1.36. The van der Waals surface area contributed by atoms with E-state index < -0.39 is 0 Å².